The molecule has 3 heteroatoms. The molecule has 1 aliphatic carbocycles. The molecule has 0 aliphatic heterocycles. The maximum Gasteiger partial charge on any atom is 0.223 e. The molecule has 1 fully saturated rings. The first-order valence-corrected chi connectivity index (χ1v) is 6.45. The van der Waals surface area contributed by atoms with Crippen molar-refractivity contribution in [2.24, 2.45) is 5.92 Å². The summed E-state index contributed by atoms with van der Waals surface area (Å²) >= 11 is 0. The predicted octanol–water partition coefficient (Wildman–Crippen LogP) is 2.30. The third-order valence-corrected chi connectivity index (χ3v) is 3.36. The molecule has 3 nitrogen and oxygen atoms in total. The number of benzene rings is 1. The normalized spacial score (nSPS) is 14.7. The molecule has 0 atom stereocenters. The van der Waals surface area contributed by atoms with Crippen LogP contribution in [0.25, 0.3) is 10.9 Å². The monoisotopic (exact) mass is 240 g/mol. The number of carbonyl (C=O) groups excluding carboxylic acids is 1. The molecule has 92 valence electrons. The molecule has 2 aromatic rings. The second-order valence-electron chi connectivity index (χ2n) is 4.81. The van der Waals surface area contributed by atoms with E-state index in [0.717, 1.165) is 30.2 Å². The number of rotatable bonds is 4. The van der Waals surface area contributed by atoms with Crippen molar-refractivity contribution < 1.29 is 4.79 Å². The Morgan fingerprint density at radius 2 is 2.11 bits per heavy atom. The second-order valence-corrected chi connectivity index (χ2v) is 4.81. The summed E-state index contributed by atoms with van der Waals surface area (Å²) in [5.74, 6) is 0.499. The van der Waals surface area contributed by atoms with Crippen molar-refractivity contribution in [1.29, 1.82) is 0 Å². The van der Waals surface area contributed by atoms with E-state index in [-0.39, 0.29) is 11.8 Å². The lowest BCUT2D eigenvalue weighted by atomic mass is 10.1. The van der Waals surface area contributed by atoms with E-state index in [1.54, 1.807) is 0 Å². The van der Waals surface area contributed by atoms with Gasteiger partial charge in [0.2, 0.25) is 5.91 Å². The minimum Gasteiger partial charge on any atom is -0.356 e. The molecule has 3 rings (SSSR count). The Hall–Kier alpha value is -1.90. The van der Waals surface area contributed by atoms with Crippen molar-refractivity contribution in [2.45, 2.75) is 19.3 Å². The van der Waals surface area contributed by atoms with Gasteiger partial charge in [-0.2, -0.15) is 0 Å². The highest BCUT2D eigenvalue weighted by Crippen LogP contribution is 2.28. The third kappa shape index (κ3) is 2.35. The van der Waals surface area contributed by atoms with Crippen LogP contribution >= 0.6 is 0 Å². The number of nitrogens with zero attached hydrogens (tertiary/aromatic N) is 1. The Labute approximate surface area is 106 Å². The summed E-state index contributed by atoms with van der Waals surface area (Å²) in [6.45, 7) is 0.699. The smallest absolute Gasteiger partial charge is 0.223 e. The van der Waals surface area contributed by atoms with Gasteiger partial charge in [-0.05, 0) is 30.9 Å². The van der Waals surface area contributed by atoms with Crippen molar-refractivity contribution in [3.63, 3.8) is 0 Å². The molecular formula is C15H16N2O. The van der Waals surface area contributed by atoms with Gasteiger partial charge in [-0.3, -0.25) is 9.78 Å². The Morgan fingerprint density at radius 3 is 2.94 bits per heavy atom. The fourth-order valence-corrected chi connectivity index (χ4v) is 2.18. The van der Waals surface area contributed by atoms with E-state index in [0.29, 0.717) is 6.54 Å². The number of hydrogen-bond donors (Lipinski definition) is 1. The lowest BCUT2D eigenvalue weighted by Gasteiger charge is -2.06. The molecule has 1 heterocycles. The van der Waals surface area contributed by atoms with Crippen LogP contribution in [0, 0.1) is 5.92 Å². The molecule has 1 aliphatic rings. The van der Waals surface area contributed by atoms with Crippen LogP contribution in [-0.2, 0) is 11.2 Å². The highest BCUT2D eigenvalue weighted by Gasteiger charge is 2.28. The van der Waals surface area contributed by atoms with Gasteiger partial charge < -0.3 is 5.32 Å². The Morgan fingerprint density at radius 1 is 1.28 bits per heavy atom. The van der Waals surface area contributed by atoms with Gasteiger partial charge in [-0.15, -0.1) is 0 Å². The molecule has 1 amide bonds. The highest BCUT2D eigenvalue weighted by atomic mass is 16.2. The topological polar surface area (TPSA) is 42.0 Å². The van der Waals surface area contributed by atoms with Crippen LogP contribution in [0.5, 0.6) is 0 Å². The second kappa shape index (κ2) is 4.77. The quantitative estimate of drug-likeness (QED) is 0.891. The highest BCUT2D eigenvalue weighted by molar-refractivity contribution is 5.82. The van der Waals surface area contributed by atoms with Crippen LogP contribution in [0.3, 0.4) is 0 Å². The fourth-order valence-electron chi connectivity index (χ4n) is 2.18. The molecule has 1 aromatic heterocycles. The van der Waals surface area contributed by atoms with E-state index in [1.165, 1.54) is 5.56 Å². The largest absolute Gasteiger partial charge is 0.356 e. The van der Waals surface area contributed by atoms with Crippen molar-refractivity contribution >= 4 is 16.8 Å². The van der Waals surface area contributed by atoms with Gasteiger partial charge in [-0.1, -0.05) is 24.3 Å². The SMILES string of the molecule is O=C(NCCc1cccc2cccnc12)C1CC1. The number of fused-ring (bicyclic) bond motifs is 1. The molecule has 0 unspecified atom stereocenters. The van der Waals surface area contributed by atoms with Crippen molar-refractivity contribution in [3.8, 4) is 0 Å². The van der Waals surface area contributed by atoms with Crippen molar-refractivity contribution in [2.75, 3.05) is 6.54 Å². The number of hydrogen-bond acceptors (Lipinski definition) is 2. The summed E-state index contributed by atoms with van der Waals surface area (Å²) in [5.41, 5.74) is 2.24. The predicted molar refractivity (Wildman–Crippen MR) is 71.2 cm³/mol. The van der Waals surface area contributed by atoms with Crippen molar-refractivity contribution in [1.82, 2.24) is 10.3 Å². The van der Waals surface area contributed by atoms with Crippen LogP contribution in [0.2, 0.25) is 0 Å². The van der Waals surface area contributed by atoms with Gasteiger partial charge in [0.25, 0.3) is 0 Å². The van der Waals surface area contributed by atoms with Gasteiger partial charge in [0, 0.05) is 24.0 Å². The first kappa shape index (κ1) is 11.2. The summed E-state index contributed by atoms with van der Waals surface area (Å²) in [5, 5.41) is 4.15. The standard InChI is InChI=1S/C15H16N2O/c18-15(13-6-7-13)17-10-8-12-4-1-3-11-5-2-9-16-14(11)12/h1-5,9,13H,6-8,10H2,(H,17,18). The third-order valence-electron chi connectivity index (χ3n) is 3.36. The van der Waals surface area contributed by atoms with Crippen LogP contribution < -0.4 is 5.32 Å². The molecule has 1 aromatic carbocycles. The zero-order chi connectivity index (χ0) is 12.4. The first-order valence-electron chi connectivity index (χ1n) is 6.45. The Balaban J connectivity index is 1.68. The minimum atomic E-state index is 0.211. The van der Waals surface area contributed by atoms with E-state index in [4.69, 9.17) is 0 Å². The van der Waals surface area contributed by atoms with Crippen LogP contribution in [0.15, 0.2) is 36.5 Å². The molecule has 1 N–H and O–H groups in total. The van der Waals surface area contributed by atoms with Crippen LogP contribution in [0.4, 0.5) is 0 Å². The number of para-hydroxylation sites is 1. The van der Waals surface area contributed by atoms with E-state index in [1.807, 2.05) is 18.3 Å². The average molecular weight is 240 g/mol. The molecule has 0 saturated heterocycles. The molecule has 0 spiro atoms. The minimum absolute atomic E-state index is 0.211. The zero-order valence-corrected chi connectivity index (χ0v) is 10.2. The first-order chi connectivity index (χ1) is 8.84. The van der Waals surface area contributed by atoms with E-state index in [9.17, 15) is 4.79 Å². The Kier molecular flexibility index (Phi) is 2.97. The van der Waals surface area contributed by atoms with Crippen LogP contribution in [0.1, 0.15) is 18.4 Å². The van der Waals surface area contributed by atoms with Gasteiger partial charge >= 0.3 is 0 Å². The number of carbonyl (C=O) groups is 1. The summed E-state index contributed by atoms with van der Waals surface area (Å²) in [6, 6.07) is 10.2. The lowest BCUT2D eigenvalue weighted by Crippen LogP contribution is -2.26. The van der Waals surface area contributed by atoms with Gasteiger partial charge in [0.1, 0.15) is 0 Å². The maximum atomic E-state index is 11.5. The number of amides is 1. The fraction of sp³-hybridized carbons (Fsp3) is 0.333. The average Bonchev–Trinajstić information content (AvgIpc) is 3.23. The van der Waals surface area contributed by atoms with E-state index < -0.39 is 0 Å². The summed E-state index contributed by atoms with van der Waals surface area (Å²) < 4.78 is 0. The van der Waals surface area contributed by atoms with Crippen LogP contribution in [-0.4, -0.2) is 17.4 Å². The molecule has 0 bridgehead atoms. The summed E-state index contributed by atoms with van der Waals surface area (Å²) in [6.07, 6.45) is 4.77. The van der Waals surface area contributed by atoms with E-state index >= 15 is 0 Å². The van der Waals surface area contributed by atoms with Gasteiger partial charge in [0.15, 0.2) is 0 Å². The summed E-state index contributed by atoms with van der Waals surface area (Å²) in [7, 11) is 0. The van der Waals surface area contributed by atoms with Gasteiger partial charge in [-0.25, -0.2) is 0 Å². The van der Waals surface area contributed by atoms with Crippen molar-refractivity contribution in [3.05, 3.63) is 42.1 Å². The maximum absolute atomic E-state index is 11.5. The number of aromatic nitrogens is 1. The lowest BCUT2D eigenvalue weighted by molar-refractivity contribution is -0.122. The molecule has 0 radical (unpaired) electrons. The summed E-state index contributed by atoms with van der Waals surface area (Å²) in [4.78, 5) is 15.9. The number of pyridine rings is 1. The van der Waals surface area contributed by atoms with E-state index in [2.05, 4.69) is 28.5 Å². The molecular weight excluding hydrogens is 224 g/mol. The van der Waals surface area contributed by atoms with Gasteiger partial charge in [0.05, 0.1) is 5.52 Å². The Bertz CT molecular complexity index is 570. The molecule has 1 saturated carbocycles. The zero-order valence-electron chi connectivity index (χ0n) is 10.2. The molecule has 18 heavy (non-hydrogen) atoms. The number of nitrogens with one attached hydrogen (secondary N) is 1.